The standard InChI is InChI=1S/C27H29NO/c1-26-12-10-21-16-19(14-18-4-3-5-20(15-18)17-28)6-7-22(21)23(26)11-13-27(2)24(26)8-9-25(27)29/h3-7,15-16,23-24H,8-14H2,1-2H3/t23-,24+,26-,27+/m1/s1. The third-order valence-electron chi connectivity index (χ3n) is 8.59. The summed E-state index contributed by atoms with van der Waals surface area (Å²) in [7, 11) is 0. The third-order valence-corrected chi connectivity index (χ3v) is 8.59. The van der Waals surface area contributed by atoms with Crippen LogP contribution in [0.15, 0.2) is 42.5 Å². The van der Waals surface area contributed by atoms with Crippen LogP contribution in [0.3, 0.4) is 0 Å². The van der Waals surface area contributed by atoms with Gasteiger partial charge in [0.2, 0.25) is 0 Å². The minimum atomic E-state index is -0.0749. The van der Waals surface area contributed by atoms with Gasteiger partial charge in [0.15, 0.2) is 0 Å². The summed E-state index contributed by atoms with van der Waals surface area (Å²) >= 11 is 0. The number of rotatable bonds is 2. The van der Waals surface area contributed by atoms with Crippen LogP contribution in [0, 0.1) is 28.1 Å². The van der Waals surface area contributed by atoms with Gasteiger partial charge in [0, 0.05) is 11.8 Å². The van der Waals surface area contributed by atoms with Crippen molar-refractivity contribution in [1.29, 1.82) is 5.26 Å². The zero-order chi connectivity index (χ0) is 20.2. The van der Waals surface area contributed by atoms with Crippen molar-refractivity contribution in [3.8, 4) is 6.07 Å². The number of carbonyl (C=O) groups is 1. The Kier molecular flexibility index (Phi) is 4.21. The molecule has 2 aromatic rings. The van der Waals surface area contributed by atoms with Crippen LogP contribution in [0.2, 0.25) is 0 Å². The maximum Gasteiger partial charge on any atom is 0.139 e. The quantitative estimate of drug-likeness (QED) is 0.641. The molecule has 0 amide bonds. The first-order valence-electron chi connectivity index (χ1n) is 11.1. The van der Waals surface area contributed by atoms with Gasteiger partial charge in [-0.25, -0.2) is 0 Å². The van der Waals surface area contributed by atoms with Gasteiger partial charge in [0.25, 0.3) is 0 Å². The van der Waals surface area contributed by atoms with Gasteiger partial charge < -0.3 is 0 Å². The number of hydrogen-bond donors (Lipinski definition) is 0. The van der Waals surface area contributed by atoms with E-state index in [1.54, 1.807) is 0 Å². The van der Waals surface area contributed by atoms with Crippen molar-refractivity contribution in [2.75, 3.05) is 0 Å². The van der Waals surface area contributed by atoms with Crippen molar-refractivity contribution in [1.82, 2.24) is 0 Å². The van der Waals surface area contributed by atoms with Crippen LogP contribution in [0.25, 0.3) is 0 Å². The predicted molar refractivity (Wildman–Crippen MR) is 115 cm³/mol. The molecule has 0 N–H and O–H groups in total. The lowest BCUT2D eigenvalue weighted by Crippen LogP contribution is -2.49. The molecule has 0 bridgehead atoms. The number of hydrogen-bond acceptors (Lipinski definition) is 2. The van der Waals surface area contributed by atoms with E-state index in [0.29, 0.717) is 17.6 Å². The fraction of sp³-hybridized carbons (Fsp3) is 0.481. The Morgan fingerprint density at radius 3 is 2.69 bits per heavy atom. The molecule has 0 spiro atoms. The van der Waals surface area contributed by atoms with Crippen LogP contribution in [-0.4, -0.2) is 5.78 Å². The highest BCUT2D eigenvalue weighted by molar-refractivity contribution is 5.87. The molecule has 0 aliphatic heterocycles. The van der Waals surface area contributed by atoms with E-state index >= 15 is 0 Å². The molecule has 2 nitrogen and oxygen atoms in total. The molecule has 5 rings (SSSR count). The fourth-order valence-corrected chi connectivity index (χ4v) is 7.04. The zero-order valence-corrected chi connectivity index (χ0v) is 17.5. The van der Waals surface area contributed by atoms with Crippen molar-refractivity contribution < 1.29 is 4.79 Å². The average Bonchev–Trinajstić information content (AvgIpc) is 3.03. The minimum Gasteiger partial charge on any atom is -0.299 e. The van der Waals surface area contributed by atoms with E-state index in [4.69, 9.17) is 5.26 Å². The summed E-state index contributed by atoms with van der Waals surface area (Å²) in [4.78, 5) is 12.6. The average molecular weight is 384 g/mol. The van der Waals surface area contributed by atoms with Crippen molar-refractivity contribution in [3.63, 3.8) is 0 Å². The molecule has 0 aromatic heterocycles. The van der Waals surface area contributed by atoms with Crippen LogP contribution in [0.1, 0.15) is 79.7 Å². The topological polar surface area (TPSA) is 40.9 Å². The smallest absolute Gasteiger partial charge is 0.139 e. The van der Waals surface area contributed by atoms with Crippen LogP contribution >= 0.6 is 0 Å². The largest absolute Gasteiger partial charge is 0.299 e. The van der Waals surface area contributed by atoms with E-state index in [9.17, 15) is 4.79 Å². The van der Waals surface area contributed by atoms with Crippen molar-refractivity contribution in [2.45, 2.75) is 64.7 Å². The summed E-state index contributed by atoms with van der Waals surface area (Å²) in [6.45, 7) is 4.73. The van der Waals surface area contributed by atoms with E-state index in [1.165, 1.54) is 28.7 Å². The second kappa shape index (κ2) is 6.56. The monoisotopic (exact) mass is 383 g/mol. The summed E-state index contributed by atoms with van der Waals surface area (Å²) in [5.74, 6) is 1.65. The Balaban J connectivity index is 1.44. The minimum absolute atomic E-state index is 0.0749. The summed E-state index contributed by atoms with van der Waals surface area (Å²) in [6, 6.07) is 17.2. The number of benzene rings is 2. The molecule has 0 heterocycles. The van der Waals surface area contributed by atoms with Gasteiger partial charge in [-0.3, -0.25) is 4.79 Å². The Labute approximate surface area is 173 Å². The first-order valence-corrected chi connectivity index (χ1v) is 11.1. The second-order valence-electron chi connectivity index (χ2n) is 10.1. The molecule has 2 saturated carbocycles. The van der Waals surface area contributed by atoms with Gasteiger partial charge in [-0.2, -0.15) is 5.26 Å². The van der Waals surface area contributed by atoms with E-state index in [1.807, 2.05) is 18.2 Å². The molecule has 2 heteroatoms. The van der Waals surface area contributed by atoms with E-state index in [-0.39, 0.29) is 10.8 Å². The predicted octanol–water partition coefficient (Wildman–Crippen LogP) is 5.96. The molecular formula is C27H29NO. The zero-order valence-electron chi connectivity index (χ0n) is 17.5. The Morgan fingerprint density at radius 1 is 1.03 bits per heavy atom. The van der Waals surface area contributed by atoms with Crippen LogP contribution in [0.5, 0.6) is 0 Å². The number of Topliss-reactive ketones (excluding diaryl/α,β-unsaturated/α-hetero) is 1. The second-order valence-corrected chi connectivity index (χ2v) is 10.1. The lowest BCUT2D eigenvalue weighted by Gasteiger charge is -2.55. The van der Waals surface area contributed by atoms with Gasteiger partial charge >= 0.3 is 0 Å². The van der Waals surface area contributed by atoms with E-state index in [2.05, 4.69) is 44.2 Å². The molecule has 148 valence electrons. The van der Waals surface area contributed by atoms with Gasteiger partial charge in [0.1, 0.15) is 5.78 Å². The summed E-state index contributed by atoms with van der Waals surface area (Å²) in [6.07, 6.45) is 7.27. The maximum atomic E-state index is 12.6. The molecule has 2 aromatic carbocycles. The SMILES string of the molecule is C[C@@]12CCc3cc(Cc4cccc(C#N)c4)ccc3[C@H]1CC[C@]1(C)C(=O)CC[C@@H]21. The number of aryl methyl sites for hydroxylation is 1. The first kappa shape index (κ1) is 18.6. The van der Waals surface area contributed by atoms with Crippen LogP contribution in [-0.2, 0) is 17.6 Å². The third kappa shape index (κ3) is 2.78. The number of carbonyl (C=O) groups excluding carboxylic acids is 1. The molecular weight excluding hydrogens is 354 g/mol. The lowest BCUT2D eigenvalue weighted by atomic mass is 9.48. The molecule has 3 aliphatic rings. The molecule has 0 radical (unpaired) electrons. The molecule has 29 heavy (non-hydrogen) atoms. The molecule has 3 aliphatic carbocycles. The fourth-order valence-electron chi connectivity index (χ4n) is 7.04. The van der Waals surface area contributed by atoms with Crippen LogP contribution < -0.4 is 0 Å². The molecule has 0 saturated heterocycles. The molecule has 2 fully saturated rings. The normalized spacial score (nSPS) is 32.8. The summed E-state index contributed by atoms with van der Waals surface area (Å²) in [5.41, 5.74) is 6.49. The van der Waals surface area contributed by atoms with E-state index in [0.717, 1.165) is 44.1 Å². The maximum absolute atomic E-state index is 12.6. The van der Waals surface area contributed by atoms with Crippen molar-refractivity contribution in [3.05, 3.63) is 70.3 Å². The van der Waals surface area contributed by atoms with Gasteiger partial charge in [-0.1, -0.05) is 44.2 Å². The number of nitriles is 1. The number of nitrogens with zero attached hydrogens (tertiary/aromatic N) is 1. The highest BCUT2D eigenvalue weighted by Gasteiger charge is 2.59. The first-order chi connectivity index (χ1) is 13.9. The van der Waals surface area contributed by atoms with Gasteiger partial charge in [-0.15, -0.1) is 0 Å². The van der Waals surface area contributed by atoms with Crippen LogP contribution in [0.4, 0.5) is 0 Å². The van der Waals surface area contributed by atoms with E-state index < -0.39 is 0 Å². The van der Waals surface area contributed by atoms with Crippen molar-refractivity contribution >= 4 is 5.78 Å². The van der Waals surface area contributed by atoms with Gasteiger partial charge in [-0.05, 0) is 90.2 Å². The summed E-state index contributed by atoms with van der Waals surface area (Å²) in [5, 5.41) is 9.15. The number of fused-ring (bicyclic) bond motifs is 5. The Bertz CT molecular complexity index is 1030. The highest BCUT2D eigenvalue weighted by atomic mass is 16.1. The Morgan fingerprint density at radius 2 is 1.86 bits per heavy atom. The Hall–Kier alpha value is -2.40. The van der Waals surface area contributed by atoms with Crippen molar-refractivity contribution in [2.24, 2.45) is 16.7 Å². The molecule has 4 atom stereocenters. The highest BCUT2D eigenvalue weighted by Crippen LogP contribution is 2.65. The molecule has 0 unspecified atom stereocenters. The summed E-state index contributed by atoms with van der Waals surface area (Å²) < 4.78 is 0. The lowest BCUT2D eigenvalue weighted by molar-refractivity contribution is -0.132. The van der Waals surface area contributed by atoms with Gasteiger partial charge in [0.05, 0.1) is 11.6 Å². The number of ketones is 1.